The smallest absolute Gasteiger partial charge is 0.324 e. The lowest BCUT2D eigenvalue weighted by molar-refractivity contribution is -0.149. The van der Waals surface area contributed by atoms with Crippen LogP contribution in [0.25, 0.3) is 0 Å². The second-order valence-corrected chi connectivity index (χ2v) is 6.58. The quantitative estimate of drug-likeness (QED) is 0.820. The summed E-state index contributed by atoms with van der Waals surface area (Å²) < 4.78 is 0. The summed E-state index contributed by atoms with van der Waals surface area (Å²) in [5, 5.41) is 11.3. The van der Waals surface area contributed by atoms with E-state index in [1.807, 2.05) is 0 Å². The van der Waals surface area contributed by atoms with E-state index in [4.69, 9.17) is 5.11 Å². The molecule has 1 aliphatic heterocycles. The van der Waals surface area contributed by atoms with Crippen molar-refractivity contribution in [2.75, 3.05) is 13.1 Å². The average Bonchev–Trinajstić information content (AvgIpc) is 2.86. The first-order valence-corrected chi connectivity index (χ1v) is 7.12. The van der Waals surface area contributed by atoms with Gasteiger partial charge >= 0.3 is 12.0 Å². The zero-order valence-corrected chi connectivity index (χ0v) is 12.0. The van der Waals surface area contributed by atoms with Gasteiger partial charge in [-0.25, -0.2) is 4.79 Å². The molecule has 1 heterocycles. The van der Waals surface area contributed by atoms with Crippen LogP contribution in [0.15, 0.2) is 0 Å². The van der Waals surface area contributed by atoms with E-state index < -0.39 is 17.3 Å². The summed E-state index contributed by atoms with van der Waals surface area (Å²) in [5.41, 5.74) is -1.16. The van der Waals surface area contributed by atoms with Crippen LogP contribution in [0.5, 0.6) is 0 Å². The van der Waals surface area contributed by atoms with Gasteiger partial charge in [-0.3, -0.25) is 14.9 Å². The molecule has 2 fully saturated rings. The van der Waals surface area contributed by atoms with E-state index in [1.54, 1.807) is 4.90 Å². The molecule has 112 valence electrons. The zero-order chi connectivity index (χ0) is 14.9. The van der Waals surface area contributed by atoms with Crippen LogP contribution in [0.3, 0.4) is 0 Å². The molecule has 0 bridgehead atoms. The van der Waals surface area contributed by atoms with Crippen LogP contribution in [0.4, 0.5) is 4.79 Å². The number of urea groups is 1. The van der Waals surface area contributed by atoms with E-state index in [9.17, 15) is 14.4 Å². The lowest BCUT2D eigenvalue weighted by Crippen LogP contribution is -2.44. The molecule has 6 heteroatoms. The number of imide groups is 1. The first-order valence-electron chi connectivity index (χ1n) is 7.12. The Bertz CT molecular complexity index is 421. The minimum Gasteiger partial charge on any atom is -0.481 e. The van der Waals surface area contributed by atoms with Gasteiger partial charge < -0.3 is 10.0 Å². The van der Waals surface area contributed by atoms with E-state index in [0.717, 1.165) is 12.8 Å². The predicted octanol–water partition coefficient (Wildman–Crippen LogP) is 1.46. The van der Waals surface area contributed by atoms with Gasteiger partial charge in [0.25, 0.3) is 0 Å². The Morgan fingerprint density at radius 1 is 1.20 bits per heavy atom. The van der Waals surface area contributed by atoms with Gasteiger partial charge in [-0.1, -0.05) is 6.42 Å². The number of fused-ring (bicyclic) bond motifs is 1. The van der Waals surface area contributed by atoms with Gasteiger partial charge in [0.1, 0.15) is 0 Å². The maximum Gasteiger partial charge on any atom is 0.324 e. The molecule has 3 amide bonds. The molecule has 0 aromatic heterocycles. The van der Waals surface area contributed by atoms with Crippen LogP contribution in [-0.2, 0) is 9.59 Å². The van der Waals surface area contributed by atoms with Crippen molar-refractivity contribution in [1.29, 1.82) is 0 Å². The molecule has 0 aromatic rings. The topological polar surface area (TPSA) is 86.7 Å². The highest BCUT2D eigenvalue weighted by Crippen LogP contribution is 2.37. The summed E-state index contributed by atoms with van der Waals surface area (Å²) in [6, 6.07) is -0.384. The number of likely N-dealkylation sites (tertiary alicyclic amines) is 1. The van der Waals surface area contributed by atoms with Crippen LogP contribution in [0.2, 0.25) is 0 Å². The normalized spacial score (nSPS) is 25.4. The molecule has 2 N–H and O–H groups in total. The van der Waals surface area contributed by atoms with Crippen LogP contribution in [-0.4, -0.2) is 41.0 Å². The maximum absolute atomic E-state index is 12.0. The van der Waals surface area contributed by atoms with Crippen LogP contribution < -0.4 is 5.32 Å². The van der Waals surface area contributed by atoms with Crippen molar-refractivity contribution in [3.63, 3.8) is 0 Å². The molecule has 0 aromatic carbocycles. The first kappa shape index (κ1) is 14.8. The minimum atomic E-state index is -1.16. The minimum absolute atomic E-state index is 0.200. The van der Waals surface area contributed by atoms with Gasteiger partial charge in [-0.2, -0.15) is 0 Å². The number of hydrogen-bond donors (Lipinski definition) is 2. The molecule has 2 unspecified atom stereocenters. The zero-order valence-electron chi connectivity index (χ0n) is 12.0. The van der Waals surface area contributed by atoms with Crippen molar-refractivity contribution in [1.82, 2.24) is 10.2 Å². The summed E-state index contributed by atoms with van der Waals surface area (Å²) in [6.45, 7) is 4.37. The molecule has 1 saturated heterocycles. The molecule has 0 radical (unpaired) electrons. The molecule has 1 aliphatic carbocycles. The fraction of sp³-hybridized carbons (Fsp3) is 0.786. The highest BCUT2D eigenvalue weighted by molar-refractivity contribution is 5.96. The Morgan fingerprint density at radius 2 is 1.75 bits per heavy atom. The monoisotopic (exact) mass is 282 g/mol. The van der Waals surface area contributed by atoms with E-state index in [-0.39, 0.29) is 12.5 Å². The number of nitrogens with one attached hydrogen (secondary N) is 1. The lowest BCUT2D eigenvalue weighted by Gasteiger charge is -2.20. The van der Waals surface area contributed by atoms with Crippen molar-refractivity contribution in [2.45, 2.75) is 39.5 Å². The number of aliphatic carboxylic acids is 1. The summed E-state index contributed by atoms with van der Waals surface area (Å²) in [5.74, 6) is -0.423. The third-order valence-corrected chi connectivity index (χ3v) is 4.44. The Kier molecular flexibility index (Phi) is 4.01. The van der Waals surface area contributed by atoms with E-state index in [2.05, 4.69) is 5.32 Å². The Morgan fingerprint density at radius 3 is 2.25 bits per heavy atom. The van der Waals surface area contributed by atoms with Crippen molar-refractivity contribution in [3.05, 3.63) is 0 Å². The molecule has 2 aliphatic rings. The van der Waals surface area contributed by atoms with Crippen LogP contribution in [0.1, 0.15) is 39.5 Å². The van der Waals surface area contributed by atoms with Gasteiger partial charge in [-0.15, -0.1) is 0 Å². The summed E-state index contributed by atoms with van der Waals surface area (Å²) in [7, 11) is 0. The molecule has 1 saturated carbocycles. The third-order valence-electron chi connectivity index (χ3n) is 4.44. The molecular weight excluding hydrogens is 260 g/mol. The van der Waals surface area contributed by atoms with Crippen molar-refractivity contribution in [3.8, 4) is 0 Å². The Hall–Kier alpha value is -1.59. The maximum atomic E-state index is 12.0. The summed E-state index contributed by atoms with van der Waals surface area (Å²) in [4.78, 5) is 36.4. The number of carbonyl (C=O) groups is 3. The van der Waals surface area contributed by atoms with Gasteiger partial charge in [0.2, 0.25) is 5.91 Å². The van der Waals surface area contributed by atoms with E-state index in [1.165, 1.54) is 20.3 Å². The number of amides is 3. The largest absolute Gasteiger partial charge is 0.481 e. The third kappa shape index (κ3) is 3.11. The number of carboxylic acid groups (broad SMARTS) is 1. The van der Waals surface area contributed by atoms with Gasteiger partial charge in [0.15, 0.2) is 0 Å². The molecule has 0 spiro atoms. The number of nitrogens with zero attached hydrogens (tertiary/aromatic N) is 1. The molecule has 20 heavy (non-hydrogen) atoms. The number of rotatable bonds is 3. The predicted molar refractivity (Wildman–Crippen MR) is 72.0 cm³/mol. The van der Waals surface area contributed by atoms with Gasteiger partial charge in [-0.05, 0) is 38.5 Å². The number of carbonyl (C=O) groups excluding carboxylic acids is 2. The average molecular weight is 282 g/mol. The van der Waals surface area contributed by atoms with E-state index in [0.29, 0.717) is 24.9 Å². The molecule has 6 nitrogen and oxygen atoms in total. The van der Waals surface area contributed by atoms with Crippen LogP contribution in [0, 0.1) is 17.3 Å². The van der Waals surface area contributed by atoms with E-state index >= 15 is 0 Å². The highest BCUT2D eigenvalue weighted by atomic mass is 16.4. The SMILES string of the molecule is CC(C)(CC(=O)NC(=O)N1CC2CCCC2C1)C(=O)O. The molecular formula is C14H22N2O4. The second-order valence-electron chi connectivity index (χ2n) is 6.58. The fourth-order valence-electron chi connectivity index (χ4n) is 3.12. The first-order chi connectivity index (χ1) is 9.29. The number of hydrogen-bond acceptors (Lipinski definition) is 3. The highest BCUT2D eigenvalue weighted by Gasteiger charge is 2.39. The molecule has 2 rings (SSSR count). The van der Waals surface area contributed by atoms with Gasteiger partial charge in [0.05, 0.1) is 5.41 Å². The van der Waals surface area contributed by atoms with Crippen molar-refractivity contribution < 1.29 is 19.5 Å². The lowest BCUT2D eigenvalue weighted by atomic mass is 9.89. The summed E-state index contributed by atoms with van der Waals surface area (Å²) >= 11 is 0. The second kappa shape index (κ2) is 5.42. The standard InChI is InChI=1S/C14H22N2O4/c1-14(2,12(18)19)6-11(17)15-13(20)16-7-9-4-3-5-10(9)8-16/h9-10H,3-8H2,1-2H3,(H,18,19)(H,15,17,20). The summed E-state index contributed by atoms with van der Waals surface area (Å²) in [6.07, 6.45) is 3.36. The fourth-order valence-corrected chi connectivity index (χ4v) is 3.12. The van der Waals surface area contributed by atoms with Crippen molar-refractivity contribution >= 4 is 17.9 Å². The van der Waals surface area contributed by atoms with Gasteiger partial charge in [0, 0.05) is 19.5 Å². The molecule has 2 atom stereocenters. The van der Waals surface area contributed by atoms with Crippen LogP contribution >= 0.6 is 0 Å². The van der Waals surface area contributed by atoms with Crippen molar-refractivity contribution in [2.24, 2.45) is 17.3 Å². The Labute approximate surface area is 118 Å². The number of carboxylic acids is 1. The Balaban J connectivity index is 1.83.